The zero-order valence-corrected chi connectivity index (χ0v) is 11.3. The zero-order valence-electron chi connectivity index (χ0n) is 10.6. The van der Waals surface area contributed by atoms with E-state index in [0.717, 1.165) is 0 Å². The summed E-state index contributed by atoms with van der Waals surface area (Å²) in [7, 11) is 1.61. The summed E-state index contributed by atoms with van der Waals surface area (Å²) in [6.45, 7) is 5.08. The molecular weight excluding hydrogens is 258 g/mol. The first-order valence-corrected chi connectivity index (χ1v) is 5.95. The Morgan fingerprint density at radius 3 is 2.78 bits per heavy atom. The Kier molecular flexibility index (Phi) is 5.30. The van der Waals surface area contributed by atoms with E-state index in [2.05, 4.69) is 4.98 Å². The smallest absolute Gasteiger partial charge is 0.276 e. The van der Waals surface area contributed by atoms with E-state index in [1.165, 1.54) is 12.1 Å². The standard InChI is InChI=1S/C11H16ClN3O3/c1-4-14(8(2)7-18-3)11-6-9(15(16)17)5-10(12)13-11/h5-6,8H,4,7H2,1-3H3. The Bertz CT molecular complexity index is 428. The molecule has 0 aliphatic carbocycles. The van der Waals surface area contributed by atoms with E-state index in [1.807, 2.05) is 18.7 Å². The normalized spacial score (nSPS) is 12.2. The van der Waals surface area contributed by atoms with Gasteiger partial charge < -0.3 is 9.64 Å². The lowest BCUT2D eigenvalue weighted by Crippen LogP contribution is -2.36. The summed E-state index contributed by atoms with van der Waals surface area (Å²) in [4.78, 5) is 16.3. The first kappa shape index (κ1) is 14.7. The molecule has 0 saturated heterocycles. The minimum atomic E-state index is -0.480. The molecule has 0 radical (unpaired) electrons. The van der Waals surface area contributed by atoms with Crippen LogP contribution in [0.3, 0.4) is 0 Å². The number of hydrogen-bond donors (Lipinski definition) is 0. The van der Waals surface area contributed by atoms with E-state index >= 15 is 0 Å². The highest BCUT2D eigenvalue weighted by molar-refractivity contribution is 6.29. The molecule has 0 fully saturated rings. The van der Waals surface area contributed by atoms with Crippen molar-refractivity contribution in [1.82, 2.24) is 4.98 Å². The highest BCUT2D eigenvalue weighted by Gasteiger charge is 2.18. The Morgan fingerprint density at radius 2 is 2.28 bits per heavy atom. The molecule has 0 aromatic carbocycles. The van der Waals surface area contributed by atoms with Gasteiger partial charge in [-0.3, -0.25) is 10.1 Å². The molecule has 1 aromatic rings. The van der Waals surface area contributed by atoms with Gasteiger partial charge in [0.2, 0.25) is 0 Å². The van der Waals surface area contributed by atoms with Crippen LogP contribution in [0.25, 0.3) is 0 Å². The highest BCUT2D eigenvalue weighted by Crippen LogP contribution is 2.24. The van der Waals surface area contributed by atoms with Crippen LogP contribution in [0.4, 0.5) is 11.5 Å². The lowest BCUT2D eigenvalue weighted by Gasteiger charge is -2.28. The van der Waals surface area contributed by atoms with Crippen LogP contribution in [0.15, 0.2) is 12.1 Å². The summed E-state index contributed by atoms with van der Waals surface area (Å²) in [5, 5.41) is 10.9. The number of anilines is 1. The van der Waals surface area contributed by atoms with Crippen LogP contribution >= 0.6 is 11.6 Å². The molecule has 1 atom stereocenters. The van der Waals surface area contributed by atoms with Crippen molar-refractivity contribution < 1.29 is 9.66 Å². The van der Waals surface area contributed by atoms with Crippen molar-refractivity contribution >= 4 is 23.1 Å². The number of methoxy groups -OCH3 is 1. The largest absolute Gasteiger partial charge is 0.383 e. The second-order valence-electron chi connectivity index (χ2n) is 3.85. The Hall–Kier alpha value is -1.40. The van der Waals surface area contributed by atoms with E-state index in [-0.39, 0.29) is 16.9 Å². The fraction of sp³-hybridized carbons (Fsp3) is 0.545. The van der Waals surface area contributed by atoms with Gasteiger partial charge in [-0.2, -0.15) is 0 Å². The molecule has 0 aliphatic rings. The molecule has 1 unspecified atom stereocenters. The summed E-state index contributed by atoms with van der Waals surface area (Å²) in [6.07, 6.45) is 0. The van der Waals surface area contributed by atoms with Crippen molar-refractivity contribution in [2.75, 3.05) is 25.2 Å². The van der Waals surface area contributed by atoms with Gasteiger partial charge in [-0.1, -0.05) is 11.6 Å². The summed E-state index contributed by atoms with van der Waals surface area (Å²) < 4.78 is 5.08. The van der Waals surface area contributed by atoms with Crippen LogP contribution in [-0.4, -0.2) is 36.2 Å². The monoisotopic (exact) mass is 273 g/mol. The SMILES string of the molecule is CCN(c1cc([N+](=O)[O-])cc(Cl)n1)C(C)COC. The van der Waals surface area contributed by atoms with Crippen molar-refractivity contribution in [3.63, 3.8) is 0 Å². The fourth-order valence-electron chi connectivity index (χ4n) is 1.75. The molecule has 1 aromatic heterocycles. The van der Waals surface area contributed by atoms with Crippen molar-refractivity contribution in [2.45, 2.75) is 19.9 Å². The number of nitrogens with zero attached hydrogens (tertiary/aromatic N) is 3. The minimum Gasteiger partial charge on any atom is -0.383 e. The van der Waals surface area contributed by atoms with Gasteiger partial charge in [0.05, 0.1) is 29.7 Å². The molecule has 0 N–H and O–H groups in total. The van der Waals surface area contributed by atoms with Crippen molar-refractivity contribution in [1.29, 1.82) is 0 Å². The summed E-state index contributed by atoms with van der Waals surface area (Å²) in [5.74, 6) is 0.487. The lowest BCUT2D eigenvalue weighted by atomic mass is 10.2. The summed E-state index contributed by atoms with van der Waals surface area (Å²) in [6, 6.07) is 2.71. The third-order valence-electron chi connectivity index (χ3n) is 2.55. The van der Waals surface area contributed by atoms with Crippen LogP contribution in [0.2, 0.25) is 5.15 Å². The van der Waals surface area contributed by atoms with Crippen molar-refractivity contribution in [3.05, 3.63) is 27.4 Å². The summed E-state index contributed by atoms with van der Waals surface area (Å²) in [5.41, 5.74) is -0.0620. The summed E-state index contributed by atoms with van der Waals surface area (Å²) >= 11 is 5.80. The van der Waals surface area contributed by atoms with Gasteiger partial charge in [0.1, 0.15) is 11.0 Å². The van der Waals surface area contributed by atoms with Gasteiger partial charge in [0.15, 0.2) is 0 Å². The lowest BCUT2D eigenvalue weighted by molar-refractivity contribution is -0.384. The van der Waals surface area contributed by atoms with Crippen LogP contribution in [0.5, 0.6) is 0 Å². The molecule has 0 spiro atoms. The minimum absolute atomic E-state index is 0.0607. The van der Waals surface area contributed by atoms with E-state index in [4.69, 9.17) is 16.3 Å². The number of likely N-dealkylation sites (N-methyl/N-ethyl adjacent to an activating group) is 1. The van der Waals surface area contributed by atoms with E-state index in [9.17, 15) is 10.1 Å². The molecule has 0 bridgehead atoms. The van der Waals surface area contributed by atoms with Crippen LogP contribution in [0.1, 0.15) is 13.8 Å². The third kappa shape index (κ3) is 3.54. The molecule has 6 nitrogen and oxygen atoms in total. The first-order chi connectivity index (χ1) is 8.49. The van der Waals surface area contributed by atoms with Gasteiger partial charge in [-0.05, 0) is 13.8 Å². The fourth-order valence-corrected chi connectivity index (χ4v) is 1.95. The maximum atomic E-state index is 10.8. The Labute approximate surface area is 111 Å². The molecule has 0 saturated carbocycles. The Morgan fingerprint density at radius 1 is 1.61 bits per heavy atom. The highest BCUT2D eigenvalue weighted by atomic mass is 35.5. The molecule has 100 valence electrons. The van der Waals surface area contributed by atoms with E-state index in [1.54, 1.807) is 7.11 Å². The van der Waals surface area contributed by atoms with Crippen molar-refractivity contribution in [2.24, 2.45) is 0 Å². The molecular formula is C11H16ClN3O3. The molecule has 7 heteroatoms. The molecule has 0 amide bonds. The van der Waals surface area contributed by atoms with E-state index in [0.29, 0.717) is 19.0 Å². The van der Waals surface area contributed by atoms with Crippen molar-refractivity contribution in [3.8, 4) is 0 Å². The average molecular weight is 274 g/mol. The maximum Gasteiger partial charge on any atom is 0.276 e. The predicted octanol–water partition coefficient (Wildman–Crippen LogP) is 2.50. The Balaban J connectivity index is 3.09. The number of hydrogen-bond acceptors (Lipinski definition) is 5. The number of halogens is 1. The topological polar surface area (TPSA) is 68.5 Å². The number of rotatable bonds is 6. The van der Waals surface area contributed by atoms with Crippen LogP contribution in [0, 0.1) is 10.1 Å². The second-order valence-corrected chi connectivity index (χ2v) is 4.24. The zero-order chi connectivity index (χ0) is 13.7. The number of ether oxygens (including phenoxy) is 1. The first-order valence-electron chi connectivity index (χ1n) is 5.57. The molecule has 1 rings (SSSR count). The third-order valence-corrected chi connectivity index (χ3v) is 2.74. The predicted molar refractivity (Wildman–Crippen MR) is 70.3 cm³/mol. The number of nitro groups is 1. The van der Waals surface area contributed by atoms with Gasteiger partial charge in [0.25, 0.3) is 5.69 Å². The number of aromatic nitrogens is 1. The van der Waals surface area contributed by atoms with Crippen LogP contribution in [-0.2, 0) is 4.74 Å². The van der Waals surface area contributed by atoms with E-state index < -0.39 is 4.92 Å². The van der Waals surface area contributed by atoms with Crippen LogP contribution < -0.4 is 4.90 Å². The molecule has 1 heterocycles. The number of pyridine rings is 1. The molecule has 18 heavy (non-hydrogen) atoms. The second kappa shape index (κ2) is 6.51. The van der Waals surface area contributed by atoms with Gasteiger partial charge in [-0.15, -0.1) is 0 Å². The van der Waals surface area contributed by atoms with Gasteiger partial charge in [0, 0.05) is 13.7 Å². The van der Waals surface area contributed by atoms with Gasteiger partial charge in [-0.25, -0.2) is 4.98 Å². The maximum absolute atomic E-state index is 10.8. The van der Waals surface area contributed by atoms with Gasteiger partial charge >= 0.3 is 0 Å². The quantitative estimate of drug-likeness (QED) is 0.452. The average Bonchev–Trinajstić information content (AvgIpc) is 2.29. The molecule has 0 aliphatic heterocycles.